The first-order valence-corrected chi connectivity index (χ1v) is 10.6. The number of hydrogen-bond acceptors (Lipinski definition) is 2. The number of hydrogen-bond donors (Lipinski definition) is 0. The summed E-state index contributed by atoms with van der Waals surface area (Å²) in [5.74, 6) is 0.397. The van der Waals surface area contributed by atoms with Gasteiger partial charge in [-0.1, -0.05) is 51.5 Å². The van der Waals surface area contributed by atoms with Crippen LogP contribution in [0.2, 0.25) is 0 Å². The minimum Gasteiger partial charge on any atom is -0.266 e. The summed E-state index contributed by atoms with van der Waals surface area (Å²) >= 11 is 0. The molecule has 0 unspecified atom stereocenters. The van der Waals surface area contributed by atoms with E-state index in [1.54, 1.807) is 10.4 Å². The summed E-state index contributed by atoms with van der Waals surface area (Å²) in [5, 5.41) is 0. The number of fused-ring (bicyclic) bond motifs is 1. The van der Waals surface area contributed by atoms with Crippen LogP contribution in [-0.4, -0.2) is 15.0 Å². The molecule has 0 amide bonds. The molecular weight excluding hydrogens is 330 g/mol. The zero-order chi connectivity index (χ0) is 18.0. The minimum absolute atomic E-state index is 0.397. The normalized spacial score (nSPS) is 14.6. The van der Waals surface area contributed by atoms with Gasteiger partial charge in [0.25, 0.3) is 10.0 Å². The lowest BCUT2D eigenvalue weighted by Gasteiger charge is -2.30. The van der Waals surface area contributed by atoms with Crippen LogP contribution in [0, 0.1) is 0 Å². The first-order chi connectivity index (χ1) is 11.9. The predicted molar refractivity (Wildman–Crippen MR) is 104 cm³/mol. The number of aryl methyl sites for hydroxylation is 2. The number of anilines is 1. The molecule has 0 saturated heterocycles. The molecular formula is C21H27NO2S. The number of benzene rings is 2. The Balaban J connectivity index is 2.05. The maximum atomic E-state index is 13.3. The summed E-state index contributed by atoms with van der Waals surface area (Å²) in [6.07, 6.45) is 3.72. The molecule has 0 radical (unpaired) electrons. The summed E-state index contributed by atoms with van der Waals surface area (Å²) in [6, 6.07) is 13.5. The highest BCUT2D eigenvalue weighted by molar-refractivity contribution is 7.92. The van der Waals surface area contributed by atoms with E-state index in [-0.39, 0.29) is 0 Å². The van der Waals surface area contributed by atoms with E-state index in [9.17, 15) is 8.42 Å². The van der Waals surface area contributed by atoms with E-state index in [0.29, 0.717) is 17.4 Å². The van der Waals surface area contributed by atoms with Gasteiger partial charge in [-0.15, -0.1) is 0 Å². The lowest BCUT2D eigenvalue weighted by atomic mass is 9.95. The average molecular weight is 358 g/mol. The summed E-state index contributed by atoms with van der Waals surface area (Å²) in [5.41, 5.74) is 4.35. The number of sulfonamides is 1. The van der Waals surface area contributed by atoms with Crippen molar-refractivity contribution < 1.29 is 8.42 Å². The SMILES string of the molecule is CCCc1cc(S(=O)(=O)N2CCCc3ccccc32)ccc1C(C)C. The Bertz CT molecular complexity index is 856. The largest absolute Gasteiger partial charge is 0.266 e. The molecule has 3 nitrogen and oxygen atoms in total. The fraction of sp³-hybridized carbons (Fsp3) is 0.429. The van der Waals surface area contributed by atoms with Crippen LogP contribution in [0.25, 0.3) is 0 Å². The van der Waals surface area contributed by atoms with Crippen LogP contribution in [-0.2, 0) is 22.9 Å². The van der Waals surface area contributed by atoms with E-state index >= 15 is 0 Å². The Labute approximate surface area is 151 Å². The van der Waals surface area contributed by atoms with Gasteiger partial charge in [0.15, 0.2) is 0 Å². The van der Waals surface area contributed by atoms with Gasteiger partial charge in [-0.2, -0.15) is 0 Å². The molecule has 0 saturated carbocycles. The lowest BCUT2D eigenvalue weighted by Crippen LogP contribution is -2.35. The number of para-hydroxylation sites is 1. The van der Waals surface area contributed by atoms with Crippen LogP contribution in [0.3, 0.4) is 0 Å². The smallest absolute Gasteiger partial charge is 0.264 e. The van der Waals surface area contributed by atoms with Gasteiger partial charge in [-0.3, -0.25) is 4.31 Å². The third-order valence-corrected chi connectivity index (χ3v) is 6.72. The quantitative estimate of drug-likeness (QED) is 0.763. The molecule has 2 aromatic rings. The zero-order valence-corrected chi connectivity index (χ0v) is 16.1. The number of nitrogens with zero attached hydrogens (tertiary/aromatic N) is 1. The van der Waals surface area contributed by atoms with Gasteiger partial charge in [0.05, 0.1) is 10.6 Å². The summed E-state index contributed by atoms with van der Waals surface area (Å²) in [7, 11) is -3.53. The van der Waals surface area contributed by atoms with Crippen molar-refractivity contribution in [3.05, 3.63) is 59.2 Å². The standard InChI is InChI=1S/C21H27NO2S/c1-4-8-18-15-19(12-13-20(18)16(2)3)25(23,24)22-14-7-10-17-9-5-6-11-21(17)22/h5-6,9,11-13,15-16H,4,7-8,10,14H2,1-3H3. The Kier molecular flexibility index (Phi) is 5.19. The molecule has 0 spiro atoms. The Morgan fingerprint density at radius 1 is 1.12 bits per heavy atom. The van der Waals surface area contributed by atoms with Crippen molar-refractivity contribution in [2.75, 3.05) is 10.8 Å². The van der Waals surface area contributed by atoms with Gasteiger partial charge in [-0.05, 0) is 60.1 Å². The molecule has 0 bridgehead atoms. The van der Waals surface area contributed by atoms with E-state index in [1.165, 1.54) is 5.56 Å². The van der Waals surface area contributed by atoms with Crippen LogP contribution in [0.15, 0.2) is 47.4 Å². The molecule has 4 heteroatoms. The average Bonchev–Trinajstić information content (AvgIpc) is 2.61. The summed E-state index contributed by atoms with van der Waals surface area (Å²) < 4.78 is 28.2. The molecule has 2 aromatic carbocycles. The van der Waals surface area contributed by atoms with Gasteiger partial charge in [0, 0.05) is 6.54 Å². The Morgan fingerprint density at radius 3 is 2.60 bits per heavy atom. The lowest BCUT2D eigenvalue weighted by molar-refractivity contribution is 0.586. The molecule has 0 fully saturated rings. The van der Waals surface area contributed by atoms with Gasteiger partial charge < -0.3 is 0 Å². The van der Waals surface area contributed by atoms with Gasteiger partial charge in [-0.25, -0.2) is 8.42 Å². The Hall–Kier alpha value is -1.81. The molecule has 134 valence electrons. The van der Waals surface area contributed by atoms with E-state index in [0.717, 1.165) is 42.5 Å². The molecule has 3 rings (SSSR count). The second-order valence-electron chi connectivity index (χ2n) is 7.07. The van der Waals surface area contributed by atoms with Crippen LogP contribution >= 0.6 is 0 Å². The maximum Gasteiger partial charge on any atom is 0.264 e. The topological polar surface area (TPSA) is 37.4 Å². The van der Waals surface area contributed by atoms with E-state index in [1.807, 2.05) is 36.4 Å². The van der Waals surface area contributed by atoms with E-state index < -0.39 is 10.0 Å². The van der Waals surface area contributed by atoms with Crippen LogP contribution in [0.4, 0.5) is 5.69 Å². The van der Waals surface area contributed by atoms with Crippen molar-refractivity contribution in [2.24, 2.45) is 0 Å². The van der Waals surface area contributed by atoms with Crippen molar-refractivity contribution in [3.63, 3.8) is 0 Å². The van der Waals surface area contributed by atoms with Crippen LogP contribution in [0.5, 0.6) is 0 Å². The predicted octanol–water partition coefficient (Wildman–Crippen LogP) is 4.90. The molecule has 0 aliphatic carbocycles. The molecule has 1 heterocycles. The van der Waals surface area contributed by atoms with E-state index in [4.69, 9.17) is 0 Å². The first kappa shape index (κ1) is 18.0. The molecule has 1 aliphatic heterocycles. The number of rotatable bonds is 5. The zero-order valence-electron chi connectivity index (χ0n) is 15.3. The maximum absolute atomic E-state index is 13.3. The second kappa shape index (κ2) is 7.20. The fourth-order valence-electron chi connectivity index (χ4n) is 3.67. The highest BCUT2D eigenvalue weighted by Gasteiger charge is 2.29. The van der Waals surface area contributed by atoms with Crippen molar-refractivity contribution in [3.8, 4) is 0 Å². The first-order valence-electron chi connectivity index (χ1n) is 9.18. The van der Waals surface area contributed by atoms with Crippen molar-refractivity contribution in [1.29, 1.82) is 0 Å². The molecule has 25 heavy (non-hydrogen) atoms. The third-order valence-electron chi connectivity index (χ3n) is 4.91. The summed E-state index contributed by atoms with van der Waals surface area (Å²) in [6.45, 7) is 6.99. The monoisotopic (exact) mass is 357 g/mol. The van der Waals surface area contributed by atoms with Gasteiger partial charge in [0.2, 0.25) is 0 Å². The summed E-state index contributed by atoms with van der Waals surface area (Å²) in [4.78, 5) is 0.414. The Morgan fingerprint density at radius 2 is 1.88 bits per heavy atom. The van der Waals surface area contributed by atoms with Gasteiger partial charge >= 0.3 is 0 Å². The fourth-order valence-corrected chi connectivity index (χ4v) is 5.26. The van der Waals surface area contributed by atoms with Crippen molar-refractivity contribution in [1.82, 2.24) is 0 Å². The second-order valence-corrected chi connectivity index (χ2v) is 8.94. The molecule has 0 N–H and O–H groups in total. The highest BCUT2D eigenvalue weighted by Crippen LogP contribution is 2.33. The molecule has 0 aromatic heterocycles. The molecule has 0 atom stereocenters. The van der Waals surface area contributed by atoms with Gasteiger partial charge in [0.1, 0.15) is 0 Å². The van der Waals surface area contributed by atoms with Crippen LogP contribution < -0.4 is 4.31 Å². The van der Waals surface area contributed by atoms with Crippen molar-refractivity contribution in [2.45, 2.75) is 57.3 Å². The van der Waals surface area contributed by atoms with Crippen LogP contribution in [0.1, 0.15) is 56.2 Å². The van der Waals surface area contributed by atoms with Crippen molar-refractivity contribution >= 4 is 15.7 Å². The molecule has 1 aliphatic rings. The van der Waals surface area contributed by atoms with E-state index in [2.05, 4.69) is 20.8 Å². The third kappa shape index (κ3) is 3.45. The highest BCUT2D eigenvalue weighted by atomic mass is 32.2. The minimum atomic E-state index is -3.53.